The average molecular weight is 240 g/mol. The van der Waals surface area contributed by atoms with Gasteiger partial charge in [0.1, 0.15) is 6.04 Å². The molecule has 0 aliphatic heterocycles. The van der Waals surface area contributed by atoms with Crippen molar-refractivity contribution in [2.75, 3.05) is 5.75 Å². The zero-order valence-corrected chi connectivity index (χ0v) is 11.5. The van der Waals surface area contributed by atoms with E-state index in [0.29, 0.717) is 6.04 Å². The molecule has 1 rings (SSSR count). The van der Waals surface area contributed by atoms with Crippen molar-refractivity contribution in [3.05, 3.63) is 0 Å². The number of rotatable bonds is 5. The Kier molecular flexibility index (Phi) is 6.23. The summed E-state index contributed by atoms with van der Waals surface area (Å²) in [6, 6.07) is 2.77. The van der Waals surface area contributed by atoms with Gasteiger partial charge < -0.3 is 0 Å². The van der Waals surface area contributed by atoms with E-state index < -0.39 is 0 Å². The van der Waals surface area contributed by atoms with Crippen LogP contribution in [0.5, 0.6) is 0 Å². The lowest BCUT2D eigenvalue weighted by molar-refractivity contribution is 0.394. The zero-order valence-electron chi connectivity index (χ0n) is 10.7. The molecule has 0 aromatic rings. The minimum atomic E-state index is 0.0160. The Hall–Kier alpha value is -0.200. The van der Waals surface area contributed by atoms with Gasteiger partial charge in [0.2, 0.25) is 0 Å². The largest absolute Gasteiger partial charge is 0.299 e. The van der Waals surface area contributed by atoms with Crippen molar-refractivity contribution < 1.29 is 0 Å². The van der Waals surface area contributed by atoms with E-state index in [1.165, 1.54) is 25.7 Å². The summed E-state index contributed by atoms with van der Waals surface area (Å²) in [4.78, 5) is 0. The predicted molar refractivity (Wildman–Crippen MR) is 71.6 cm³/mol. The second-order valence-corrected chi connectivity index (χ2v) is 6.56. The first-order chi connectivity index (χ1) is 7.61. The maximum absolute atomic E-state index is 9.03. The summed E-state index contributed by atoms with van der Waals surface area (Å²) in [6.07, 6.45) is 5.44. The minimum Gasteiger partial charge on any atom is -0.299 e. The van der Waals surface area contributed by atoms with Crippen molar-refractivity contribution in [3.8, 4) is 6.07 Å². The van der Waals surface area contributed by atoms with Crippen LogP contribution in [-0.4, -0.2) is 23.1 Å². The van der Waals surface area contributed by atoms with Gasteiger partial charge in [0.15, 0.2) is 0 Å². The van der Waals surface area contributed by atoms with E-state index in [0.717, 1.165) is 16.9 Å². The first-order valence-electron chi connectivity index (χ1n) is 6.39. The van der Waals surface area contributed by atoms with Crippen LogP contribution in [0.15, 0.2) is 0 Å². The molecule has 1 aliphatic carbocycles. The topological polar surface area (TPSA) is 35.8 Å². The van der Waals surface area contributed by atoms with Crippen molar-refractivity contribution in [2.24, 2.45) is 5.92 Å². The van der Waals surface area contributed by atoms with Crippen LogP contribution in [0, 0.1) is 17.2 Å². The minimum absolute atomic E-state index is 0.0160. The SMILES string of the molecule is CC1CCCC(SCC(C#N)NC(C)C)C1. The van der Waals surface area contributed by atoms with Gasteiger partial charge in [-0.2, -0.15) is 17.0 Å². The third kappa shape index (κ3) is 5.23. The van der Waals surface area contributed by atoms with Gasteiger partial charge >= 0.3 is 0 Å². The molecule has 0 heterocycles. The van der Waals surface area contributed by atoms with Crippen molar-refractivity contribution in [2.45, 2.75) is 63.8 Å². The van der Waals surface area contributed by atoms with E-state index in [2.05, 4.69) is 32.2 Å². The van der Waals surface area contributed by atoms with Crippen LogP contribution in [0.3, 0.4) is 0 Å². The number of thioether (sulfide) groups is 1. The smallest absolute Gasteiger partial charge is 0.105 e. The van der Waals surface area contributed by atoms with Gasteiger partial charge in [-0.15, -0.1) is 0 Å². The Labute approximate surface area is 104 Å². The molecule has 1 fully saturated rings. The molecule has 0 radical (unpaired) electrons. The quantitative estimate of drug-likeness (QED) is 0.801. The molecular formula is C13H24N2S. The molecule has 0 bridgehead atoms. The monoisotopic (exact) mass is 240 g/mol. The Morgan fingerprint density at radius 2 is 2.19 bits per heavy atom. The van der Waals surface area contributed by atoms with E-state index in [9.17, 15) is 0 Å². The van der Waals surface area contributed by atoms with E-state index in [4.69, 9.17) is 5.26 Å². The van der Waals surface area contributed by atoms with Gasteiger partial charge in [0, 0.05) is 17.0 Å². The predicted octanol–water partition coefficient (Wildman–Crippen LogP) is 3.19. The van der Waals surface area contributed by atoms with Gasteiger partial charge in [-0.05, 0) is 32.6 Å². The summed E-state index contributed by atoms with van der Waals surface area (Å²) >= 11 is 1.99. The molecule has 0 aromatic carbocycles. The fourth-order valence-corrected chi connectivity index (χ4v) is 3.72. The first-order valence-corrected chi connectivity index (χ1v) is 7.44. The fraction of sp³-hybridized carbons (Fsp3) is 0.923. The van der Waals surface area contributed by atoms with Crippen molar-refractivity contribution in [1.82, 2.24) is 5.32 Å². The van der Waals surface area contributed by atoms with E-state index in [-0.39, 0.29) is 6.04 Å². The van der Waals surface area contributed by atoms with Gasteiger partial charge in [-0.25, -0.2) is 0 Å². The van der Waals surface area contributed by atoms with Crippen molar-refractivity contribution in [1.29, 1.82) is 5.26 Å². The highest BCUT2D eigenvalue weighted by Crippen LogP contribution is 2.32. The number of hydrogen-bond donors (Lipinski definition) is 1. The highest BCUT2D eigenvalue weighted by atomic mass is 32.2. The summed E-state index contributed by atoms with van der Waals surface area (Å²) in [5.41, 5.74) is 0. The maximum atomic E-state index is 9.03. The molecule has 0 amide bonds. The summed E-state index contributed by atoms with van der Waals surface area (Å²) in [5, 5.41) is 13.1. The molecule has 0 spiro atoms. The number of nitriles is 1. The lowest BCUT2D eigenvalue weighted by atomic mass is 9.91. The Morgan fingerprint density at radius 3 is 2.75 bits per heavy atom. The standard InChI is InChI=1S/C13H24N2S/c1-10(2)15-12(8-14)9-16-13-6-4-5-11(3)7-13/h10-13,15H,4-7,9H2,1-3H3. The normalized spacial score (nSPS) is 27.7. The van der Waals surface area contributed by atoms with Crippen molar-refractivity contribution in [3.63, 3.8) is 0 Å². The maximum Gasteiger partial charge on any atom is 0.105 e. The average Bonchev–Trinajstić information content (AvgIpc) is 2.24. The first kappa shape index (κ1) is 13.9. The highest BCUT2D eigenvalue weighted by molar-refractivity contribution is 7.99. The number of nitrogens with one attached hydrogen (secondary N) is 1. The molecular weight excluding hydrogens is 216 g/mol. The second kappa shape index (κ2) is 7.19. The van der Waals surface area contributed by atoms with Gasteiger partial charge in [0.05, 0.1) is 6.07 Å². The summed E-state index contributed by atoms with van der Waals surface area (Å²) in [7, 11) is 0. The van der Waals surface area contributed by atoms with Gasteiger partial charge in [-0.3, -0.25) is 5.32 Å². The van der Waals surface area contributed by atoms with Crippen LogP contribution >= 0.6 is 11.8 Å². The second-order valence-electron chi connectivity index (χ2n) is 5.23. The molecule has 3 unspecified atom stereocenters. The molecule has 3 atom stereocenters. The molecule has 16 heavy (non-hydrogen) atoms. The van der Waals surface area contributed by atoms with Gasteiger partial charge in [-0.1, -0.05) is 19.8 Å². The molecule has 0 aromatic heterocycles. The molecule has 92 valence electrons. The number of nitrogens with zero attached hydrogens (tertiary/aromatic N) is 1. The van der Waals surface area contributed by atoms with Crippen LogP contribution in [0.2, 0.25) is 0 Å². The molecule has 2 nitrogen and oxygen atoms in total. The molecule has 1 N–H and O–H groups in total. The summed E-state index contributed by atoms with van der Waals surface area (Å²) < 4.78 is 0. The van der Waals surface area contributed by atoms with Crippen LogP contribution in [-0.2, 0) is 0 Å². The fourth-order valence-electron chi connectivity index (χ4n) is 2.29. The molecule has 1 saturated carbocycles. The molecule has 0 saturated heterocycles. The Bertz CT molecular complexity index is 235. The number of hydrogen-bond acceptors (Lipinski definition) is 3. The highest BCUT2D eigenvalue weighted by Gasteiger charge is 2.20. The van der Waals surface area contributed by atoms with E-state index in [1.54, 1.807) is 0 Å². The van der Waals surface area contributed by atoms with Crippen LogP contribution < -0.4 is 5.32 Å². The third-order valence-corrected chi connectivity index (χ3v) is 4.50. The molecule has 3 heteroatoms. The lowest BCUT2D eigenvalue weighted by Gasteiger charge is -2.27. The lowest BCUT2D eigenvalue weighted by Crippen LogP contribution is -2.36. The summed E-state index contributed by atoms with van der Waals surface area (Å²) in [5.74, 6) is 1.82. The van der Waals surface area contributed by atoms with E-state index >= 15 is 0 Å². The van der Waals surface area contributed by atoms with E-state index in [1.807, 2.05) is 11.8 Å². The Morgan fingerprint density at radius 1 is 1.44 bits per heavy atom. The van der Waals surface area contributed by atoms with Crippen LogP contribution in [0.4, 0.5) is 0 Å². The zero-order chi connectivity index (χ0) is 12.0. The van der Waals surface area contributed by atoms with Crippen LogP contribution in [0.1, 0.15) is 46.5 Å². The van der Waals surface area contributed by atoms with Crippen LogP contribution in [0.25, 0.3) is 0 Å². The summed E-state index contributed by atoms with van der Waals surface area (Å²) in [6.45, 7) is 6.54. The Balaban J connectivity index is 2.24. The molecule has 1 aliphatic rings. The van der Waals surface area contributed by atoms with Gasteiger partial charge in [0.25, 0.3) is 0 Å². The third-order valence-electron chi connectivity index (χ3n) is 3.08. The van der Waals surface area contributed by atoms with Crippen molar-refractivity contribution >= 4 is 11.8 Å².